The van der Waals surface area contributed by atoms with Crippen LogP contribution in [0.5, 0.6) is 5.88 Å². The predicted octanol–water partition coefficient (Wildman–Crippen LogP) is -1.87. The second-order valence-electron chi connectivity index (χ2n) is 5.69. The van der Waals surface area contributed by atoms with Crippen molar-refractivity contribution < 1.29 is 34.3 Å². The number of amides is 1. The minimum Gasteiger partial charge on any atom is -0.455 e. The van der Waals surface area contributed by atoms with Crippen LogP contribution in [0.15, 0.2) is 4.79 Å². The maximum absolute atomic E-state index is 12.5. The SMILES string of the molecule is CCOC(=O)NCOc1nc(N)nc2c1sc(=O)n2[C@@H]1O[C@H](CO)[C@@H](O)[C@H]1O. The molecule has 0 saturated carbocycles. The number of hydrogen-bond acceptors (Lipinski definition) is 12. The fourth-order valence-electron chi connectivity index (χ4n) is 2.67. The van der Waals surface area contributed by atoms with Crippen molar-refractivity contribution in [3.63, 3.8) is 0 Å². The number of aliphatic hydroxyl groups excluding tert-OH is 3. The number of carbonyl (C=O) groups is 1. The van der Waals surface area contributed by atoms with Crippen LogP contribution >= 0.6 is 11.3 Å². The molecule has 0 aromatic carbocycles. The number of nitrogens with zero attached hydrogens (tertiary/aromatic N) is 3. The quantitative estimate of drug-likeness (QED) is 0.331. The zero-order chi connectivity index (χ0) is 20.4. The van der Waals surface area contributed by atoms with E-state index in [0.717, 1.165) is 4.57 Å². The number of alkyl carbamates (subject to hydrolysis) is 1. The summed E-state index contributed by atoms with van der Waals surface area (Å²) in [5.74, 6) is -0.288. The molecular weight excluding hydrogens is 398 g/mol. The highest BCUT2D eigenvalue weighted by molar-refractivity contribution is 7.16. The van der Waals surface area contributed by atoms with E-state index in [1.807, 2.05) is 0 Å². The van der Waals surface area contributed by atoms with E-state index in [1.54, 1.807) is 6.92 Å². The first-order valence-corrected chi connectivity index (χ1v) is 9.03. The predicted molar refractivity (Wildman–Crippen MR) is 94.7 cm³/mol. The Bertz CT molecular complexity index is 917. The molecule has 0 unspecified atom stereocenters. The van der Waals surface area contributed by atoms with Crippen molar-refractivity contribution in [1.29, 1.82) is 0 Å². The van der Waals surface area contributed by atoms with E-state index in [1.165, 1.54) is 0 Å². The topological polar surface area (TPSA) is 191 Å². The van der Waals surface area contributed by atoms with E-state index in [0.29, 0.717) is 11.3 Å². The number of rotatable bonds is 6. The van der Waals surface area contributed by atoms with Gasteiger partial charge in [-0.1, -0.05) is 11.3 Å². The lowest BCUT2D eigenvalue weighted by Crippen LogP contribution is -2.34. The highest BCUT2D eigenvalue weighted by atomic mass is 32.1. The fraction of sp³-hybridized carbons (Fsp3) is 0.571. The van der Waals surface area contributed by atoms with Gasteiger partial charge in [0, 0.05) is 0 Å². The third-order valence-corrected chi connectivity index (χ3v) is 4.85. The molecule has 1 amide bonds. The Labute approximate surface area is 161 Å². The summed E-state index contributed by atoms with van der Waals surface area (Å²) in [5, 5.41) is 31.7. The summed E-state index contributed by atoms with van der Waals surface area (Å²) >= 11 is 0.705. The van der Waals surface area contributed by atoms with E-state index in [2.05, 4.69) is 15.3 Å². The largest absolute Gasteiger partial charge is 0.455 e. The maximum Gasteiger partial charge on any atom is 0.409 e. The molecule has 4 atom stereocenters. The van der Waals surface area contributed by atoms with Crippen molar-refractivity contribution in [3.05, 3.63) is 9.67 Å². The molecule has 0 bridgehead atoms. The summed E-state index contributed by atoms with van der Waals surface area (Å²) in [7, 11) is 0. The fourth-order valence-corrected chi connectivity index (χ4v) is 3.56. The first kappa shape index (κ1) is 20.2. The molecule has 1 aliphatic rings. The van der Waals surface area contributed by atoms with Gasteiger partial charge in [0.1, 0.15) is 23.0 Å². The number of hydrogen-bond donors (Lipinski definition) is 5. The number of ether oxygens (including phenoxy) is 3. The van der Waals surface area contributed by atoms with Gasteiger partial charge in [-0.25, -0.2) is 4.79 Å². The van der Waals surface area contributed by atoms with Gasteiger partial charge in [0.15, 0.2) is 18.6 Å². The van der Waals surface area contributed by atoms with E-state index in [-0.39, 0.29) is 35.5 Å². The van der Waals surface area contributed by atoms with Crippen molar-refractivity contribution >= 4 is 33.7 Å². The molecule has 0 spiro atoms. The maximum atomic E-state index is 12.5. The van der Waals surface area contributed by atoms with E-state index in [9.17, 15) is 24.9 Å². The molecule has 1 aliphatic heterocycles. The van der Waals surface area contributed by atoms with E-state index < -0.39 is 42.1 Å². The lowest BCUT2D eigenvalue weighted by Gasteiger charge is -2.16. The van der Waals surface area contributed by atoms with Crippen LogP contribution in [0, 0.1) is 0 Å². The summed E-state index contributed by atoms with van der Waals surface area (Å²) in [5.41, 5.74) is 5.70. The lowest BCUT2D eigenvalue weighted by molar-refractivity contribution is -0.0518. The minimum atomic E-state index is -1.47. The standard InChI is InChI=1S/C14H19N5O8S/c1-2-25-13(23)16-4-26-10-8-9(17-12(15)18-10)19(14(24)28-8)11-7(22)6(21)5(3-20)27-11/h5-7,11,20-22H,2-4H2,1H3,(H,16,23)(H2,15,17,18)/t5-,6-,7-,11-/m1/s1. The zero-order valence-electron chi connectivity index (χ0n) is 14.6. The van der Waals surface area contributed by atoms with Crippen LogP contribution in [0.1, 0.15) is 13.2 Å². The average molecular weight is 417 g/mol. The van der Waals surface area contributed by atoms with Gasteiger partial charge in [0.25, 0.3) is 0 Å². The van der Waals surface area contributed by atoms with Crippen LogP contribution < -0.4 is 20.7 Å². The van der Waals surface area contributed by atoms with E-state index in [4.69, 9.17) is 19.9 Å². The lowest BCUT2D eigenvalue weighted by atomic mass is 10.1. The Hall–Kier alpha value is -2.52. The summed E-state index contributed by atoms with van der Waals surface area (Å²) in [4.78, 5) is 31.1. The van der Waals surface area contributed by atoms with Crippen molar-refractivity contribution in [1.82, 2.24) is 19.9 Å². The Balaban J connectivity index is 1.92. The number of anilines is 1. The summed E-state index contributed by atoms with van der Waals surface area (Å²) in [6, 6.07) is 0. The highest BCUT2D eigenvalue weighted by Crippen LogP contribution is 2.34. The van der Waals surface area contributed by atoms with Gasteiger partial charge in [0.05, 0.1) is 13.2 Å². The molecule has 13 nitrogen and oxygen atoms in total. The van der Waals surface area contributed by atoms with Gasteiger partial charge in [-0.3, -0.25) is 14.7 Å². The van der Waals surface area contributed by atoms with Crippen LogP contribution in [-0.4, -0.2) is 74.2 Å². The number of thiazole rings is 1. The first-order valence-electron chi connectivity index (χ1n) is 8.21. The van der Waals surface area contributed by atoms with Crippen LogP contribution in [0.3, 0.4) is 0 Å². The van der Waals surface area contributed by atoms with Gasteiger partial charge in [0.2, 0.25) is 11.8 Å². The number of nitrogen functional groups attached to an aromatic ring is 1. The van der Waals surface area contributed by atoms with Crippen LogP contribution in [0.25, 0.3) is 10.3 Å². The number of nitrogens with two attached hydrogens (primary N) is 1. The molecule has 1 saturated heterocycles. The molecule has 3 heterocycles. The monoisotopic (exact) mass is 417 g/mol. The number of nitrogens with one attached hydrogen (secondary N) is 1. The smallest absolute Gasteiger partial charge is 0.409 e. The second kappa shape index (κ2) is 8.24. The van der Waals surface area contributed by atoms with Crippen LogP contribution in [-0.2, 0) is 9.47 Å². The van der Waals surface area contributed by atoms with E-state index >= 15 is 0 Å². The molecule has 28 heavy (non-hydrogen) atoms. The van der Waals surface area contributed by atoms with Gasteiger partial charge in [-0.2, -0.15) is 9.97 Å². The first-order chi connectivity index (χ1) is 13.4. The summed E-state index contributed by atoms with van der Waals surface area (Å²) in [6.07, 6.45) is -5.91. The summed E-state index contributed by atoms with van der Waals surface area (Å²) in [6.45, 7) is 0.985. The highest BCUT2D eigenvalue weighted by Gasteiger charge is 2.45. The van der Waals surface area contributed by atoms with Gasteiger partial charge < -0.3 is 35.3 Å². The van der Waals surface area contributed by atoms with Crippen molar-refractivity contribution in [3.8, 4) is 5.88 Å². The molecular formula is C14H19N5O8S. The Morgan fingerprint density at radius 1 is 1.39 bits per heavy atom. The molecule has 6 N–H and O–H groups in total. The molecule has 154 valence electrons. The Morgan fingerprint density at radius 2 is 2.14 bits per heavy atom. The molecule has 0 radical (unpaired) electrons. The average Bonchev–Trinajstić information content (AvgIpc) is 3.11. The molecule has 3 rings (SSSR count). The van der Waals surface area contributed by atoms with Gasteiger partial charge in [-0.05, 0) is 6.92 Å². The molecule has 2 aromatic rings. The van der Waals surface area contributed by atoms with Crippen LogP contribution in [0.4, 0.5) is 10.7 Å². The number of aliphatic hydroxyl groups is 3. The molecule has 0 aliphatic carbocycles. The number of carbonyl (C=O) groups excluding carboxylic acids is 1. The van der Waals surface area contributed by atoms with Crippen molar-refractivity contribution in [2.24, 2.45) is 0 Å². The van der Waals surface area contributed by atoms with Gasteiger partial charge >= 0.3 is 11.0 Å². The molecule has 2 aromatic heterocycles. The Kier molecular flexibility index (Phi) is 5.95. The normalized spacial score (nSPS) is 24.4. The Morgan fingerprint density at radius 3 is 2.79 bits per heavy atom. The summed E-state index contributed by atoms with van der Waals surface area (Å²) < 4.78 is 16.7. The molecule has 14 heteroatoms. The molecule has 1 fully saturated rings. The third kappa shape index (κ3) is 3.72. The van der Waals surface area contributed by atoms with Crippen molar-refractivity contribution in [2.45, 2.75) is 31.5 Å². The number of aromatic nitrogens is 3. The minimum absolute atomic E-state index is 0.0171. The second-order valence-corrected chi connectivity index (χ2v) is 6.65. The van der Waals surface area contributed by atoms with Gasteiger partial charge in [-0.15, -0.1) is 0 Å². The van der Waals surface area contributed by atoms with Crippen LogP contribution in [0.2, 0.25) is 0 Å². The van der Waals surface area contributed by atoms with Crippen molar-refractivity contribution in [2.75, 3.05) is 25.7 Å². The zero-order valence-corrected chi connectivity index (χ0v) is 15.5. The number of fused-ring (bicyclic) bond motifs is 1. The third-order valence-electron chi connectivity index (χ3n) is 3.92.